The number of rotatable bonds is 3. The van der Waals surface area contributed by atoms with Crippen molar-refractivity contribution in [1.82, 2.24) is 0 Å². The Kier molecular flexibility index (Phi) is 4.53. The maximum atomic E-state index is 12.0. The lowest BCUT2D eigenvalue weighted by atomic mass is 10.1. The molecule has 0 aromatic heterocycles. The Morgan fingerprint density at radius 1 is 1.36 bits per heavy atom. The zero-order valence-corrected chi connectivity index (χ0v) is 8.39. The smallest absolute Gasteiger partial charge is 0.267 e. The van der Waals surface area contributed by atoms with Gasteiger partial charge in [-0.05, 0) is 19.6 Å². The van der Waals surface area contributed by atoms with Crippen LogP contribution in [-0.4, -0.2) is 18.6 Å². The summed E-state index contributed by atoms with van der Waals surface area (Å²) in [7, 11) is 0. The standard InChI is InChI=1S/C9H13F3N2/c1-6(2)8(13-4)5-14-7(3)9(10,11)12/h5-6H,4H2,1-3H3/b8-5-,14-7?. The molecular formula is C9H13F3N2. The second-order valence-corrected chi connectivity index (χ2v) is 3.08. The number of nitrogens with zero attached hydrogens (tertiary/aromatic N) is 2. The Morgan fingerprint density at radius 3 is 2.14 bits per heavy atom. The van der Waals surface area contributed by atoms with Gasteiger partial charge >= 0.3 is 6.18 Å². The molecule has 0 aromatic carbocycles. The fraction of sp³-hybridized carbons (Fsp3) is 0.556. The fourth-order valence-electron chi connectivity index (χ4n) is 0.609. The molecule has 2 nitrogen and oxygen atoms in total. The van der Waals surface area contributed by atoms with E-state index in [2.05, 4.69) is 16.7 Å². The van der Waals surface area contributed by atoms with Crippen LogP contribution in [0.1, 0.15) is 20.8 Å². The van der Waals surface area contributed by atoms with E-state index >= 15 is 0 Å². The van der Waals surface area contributed by atoms with Gasteiger partial charge in [0.25, 0.3) is 0 Å². The lowest BCUT2D eigenvalue weighted by molar-refractivity contribution is -0.0591. The van der Waals surface area contributed by atoms with Gasteiger partial charge in [-0.15, -0.1) is 0 Å². The molecule has 0 fully saturated rings. The molecule has 80 valence electrons. The van der Waals surface area contributed by atoms with Crippen LogP contribution in [0.4, 0.5) is 13.2 Å². The number of aliphatic imine (C=N–C) groups is 2. The highest BCUT2D eigenvalue weighted by molar-refractivity contribution is 5.87. The second-order valence-electron chi connectivity index (χ2n) is 3.08. The summed E-state index contributed by atoms with van der Waals surface area (Å²) in [6.07, 6.45) is -3.28. The highest BCUT2D eigenvalue weighted by Crippen LogP contribution is 2.18. The monoisotopic (exact) mass is 206 g/mol. The first-order valence-electron chi connectivity index (χ1n) is 4.07. The number of hydrogen-bond donors (Lipinski definition) is 0. The number of alkyl halides is 3. The number of allylic oxidation sites excluding steroid dienone is 1. The van der Waals surface area contributed by atoms with E-state index in [0.29, 0.717) is 5.70 Å². The van der Waals surface area contributed by atoms with Gasteiger partial charge in [-0.3, -0.25) is 9.98 Å². The molecule has 0 aliphatic rings. The van der Waals surface area contributed by atoms with Crippen molar-refractivity contribution >= 4 is 12.4 Å². The Bertz CT molecular complexity index is 262. The molecule has 5 heteroatoms. The summed E-state index contributed by atoms with van der Waals surface area (Å²) < 4.78 is 36.0. The van der Waals surface area contributed by atoms with Crippen molar-refractivity contribution in [3.05, 3.63) is 11.9 Å². The van der Waals surface area contributed by atoms with Gasteiger partial charge in [-0.25, -0.2) is 0 Å². The second kappa shape index (κ2) is 4.93. The molecule has 0 spiro atoms. The zero-order chi connectivity index (χ0) is 11.4. The molecule has 0 saturated heterocycles. The zero-order valence-electron chi connectivity index (χ0n) is 8.39. The lowest BCUT2D eigenvalue weighted by Gasteiger charge is -2.05. The van der Waals surface area contributed by atoms with Crippen molar-refractivity contribution < 1.29 is 13.2 Å². The minimum atomic E-state index is -4.38. The maximum absolute atomic E-state index is 12.0. The maximum Gasteiger partial charge on any atom is 0.429 e. The van der Waals surface area contributed by atoms with E-state index in [9.17, 15) is 13.2 Å². The molecule has 0 unspecified atom stereocenters. The first kappa shape index (κ1) is 12.9. The number of halogens is 3. The average Bonchev–Trinajstić information content (AvgIpc) is 2.02. The van der Waals surface area contributed by atoms with E-state index in [0.717, 1.165) is 13.1 Å². The summed E-state index contributed by atoms with van der Waals surface area (Å²) in [5, 5.41) is 0. The van der Waals surface area contributed by atoms with Crippen molar-refractivity contribution in [2.24, 2.45) is 15.9 Å². The van der Waals surface area contributed by atoms with Gasteiger partial charge in [0.15, 0.2) is 0 Å². The van der Waals surface area contributed by atoms with E-state index in [-0.39, 0.29) is 5.92 Å². The van der Waals surface area contributed by atoms with Crippen LogP contribution in [0, 0.1) is 5.92 Å². The largest absolute Gasteiger partial charge is 0.429 e. The molecule has 0 bridgehead atoms. The van der Waals surface area contributed by atoms with Gasteiger partial charge in [-0.1, -0.05) is 13.8 Å². The van der Waals surface area contributed by atoms with Crippen LogP contribution in [0.3, 0.4) is 0 Å². The lowest BCUT2D eigenvalue weighted by Crippen LogP contribution is -2.18. The van der Waals surface area contributed by atoms with Crippen LogP contribution >= 0.6 is 0 Å². The third-order valence-electron chi connectivity index (χ3n) is 1.57. The predicted molar refractivity (Wildman–Crippen MR) is 51.6 cm³/mol. The number of hydrogen-bond acceptors (Lipinski definition) is 2. The van der Waals surface area contributed by atoms with Gasteiger partial charge in [0.05, 0.1) is 5.70 Å². The third kappa shape index (κ3) is 4.20. The van der Waals surface area contributed by atoms with E-state index in [1.165, 1.54) is 0 Å². The summed E-state index contributed by atoms with van der Waals surface area (Å²) in [4.78, 5) is 6.86. The predicted octanol–water partition coefficient (Wildman–Crippen LogP) is 3.21. The normalized spacial score (nSPS) is 14.8. The van der Waals surface area contributed by atoms with Crippen molar-refractivity contribution in [2.75, 3.05) is 0 Å². The van der Waals surface area contributed by atoms with Crippen molar-refractivity contribution in [3.63, 3.8) is 0 Å². The molecule has 0 rings (SSSR count). The topological polar surface area (TPSA) is 24.7 Å². The molecule has 0 saturated carbocycles. The van der Waals surface area contributed by atoms with Gasteiger partial charge < -0.3 is 0 Å². The molecule has 0 radical (unpaired) electrons. The quantitative estimate of drug-likeness (QED) is 0.633. The SMILES string of the molecule is C=N/C(=C\N=C(C)C(F)(F)F)C(C)C. The van der Waals surface area contributed by atoms with Crippen LogP contribution < -0.4 is 0 Å². The molecule has 0 aliphatic carbocycles. The van der Waals surface area contributed by atoms with E-state index in [4.69, 9.17) is 0 Å². The highest BCUT2D eigenvalue weighted by atomic mass is 19.4. The fourth-order valence-corrected chi connectivity index (χ4v) is 0.609. The Hall–Kier alpha value is -1.13. The molecule has 0 amide bonds. The van der Waals surface area contributed by atoms with Crippen LogP contribution in [0.2, 0.25) is 0 Å². The van der Waals surface area contributed by atoms with E-state index in [1.54, 1.807) is 13.8 Å². The summed E-state index contributed by atoms with van der Waals surface area (Å²) in [5.41, 5.74) is -0.451. The minimum Gasteiger partial charge on any atom is -0.267 e. The van der Waals surface area contributed by atoms with Crippen LogP contribution in [0.25, 0.3) is 0 Å². The first-order valence-corrected chi connectivity index (χ1v) is 4.07. The van der Waals surface area contributed by atoms with Crippen LogP contribution in [0.15, 0.2) is 21.9 Å². The summed E-state index contributed by atoms with van der Waals surface area (Å²) in [5.74, 6) is 0.0114. The molecule has 14 heavy (non-hydrogen) atoms. The van der Waals surface area contributed by atoms with Gasteiger partial charge in [0.1, 0.15) is 5.71 Å². The molecule has 0 aliphatic heterocycles. The van der Waals surface area contributed by atoms with Crippen molar-refractivity contribution in [2.45, 2.75) is 26.9 Å². The first-order chi connectivity index (χ1) is 6.29. The molecular weight excluding hydrogens is 193 g/mol. The Labute approximate surface area is 81.3 Å². The van der Waals surface area contributed by atoms with Crippen molar-refractivity contribution in [1.29, 1.82) is 0 Å². The third-order valence-corrected chi connectivity index (χ3v) is 1.57. The van der Waals surface area contributed by atoms with Crippen LogP contribution in [-0.2, 0) is 0 Å². The van der Waals surface area contributed by atoms with Gasteiger partial charge in [0, 0.05) is 6.20 Å². The van der Waals surface area contributed by atoms with Crippen molar-refractivity contribution in [3.8, 4) is 0 Å². The molecule has 0 aromatic rings. The van der Waals surface area contributed by atoms with Gasteiger partial charge in [0.2, 0.25) is 0 Å². The summed E-state index contributed by atoms with van der Waals surface area (Å²) in [6, 6.07) is 0. The average molecular weight is 206 g/mol. The Balaban J connectivity index is 4.76. The minimum absolute atomic E-state index is 0.0114. The summed E-state index contributed by atoms with van der Waals surface area (Å²) >= 11 is 0. The Morgan fingerprint density at radius 2 is 1.86 bits per heavy atom. The van der Waals surface area contributed by atoms with E-state index in [1.807, 2.05) is 0 Å². The molecule has 0 atom stereocenters. The van der Waals surface area contributed by atoms with E-state index < -0.39 is 11.9 Å². The molecule has 0 N–H and O–H groups in total. The summed E-state index contributed by atoms with van der Waals surface area (Å²) in [6.45, 7) is 7.78. The van der Waals surface area contributed by atoms with Crippen LogP contribution in [0.5, 0.6) is 0 Å². The highest BCUT2D eigenvalue weighted by Gasteiger charge is 2.31. The molecule has 0 heterocycles. The van der Waals surface area contributed by atoms with Gasteiger partial charge in [-0.2, -0.15) is 13.2 Å².